The van der Waals surface area contributed by atoms with Crippen molar-refractivity contribution in [2.75, 3.05) is 5.73 Å². The summed E-state index contributed by atoms with van der Waals surface area (Å²) in [4.78, 5) is 4.00. The van der Waals surface area contributed by atoms with Crippen LogP contribution in [0.25, 0.3) is 10.9 Å². The van der Waals surface area contributed by atoms with Crippen molar-refractivity contribution in [2.45, 2.75) is 0 Å². The van der Waals surface area contributed by atoms with Crippen LogP contribution in [0.3, 0.4) is 0 Å². The van der Waals surface area contributed by atoms with Gasteiger partial charge in [0, 0.05) is 32.7 Å². The Morgan fingerprint density at radius 2 is 1.92 bits per heavy atom. The Balaban J connectivity index is 0.000000845. The summed E-state index contributed by atoms with van der Waals surface area (Å²) in [5, 5.41) is 10.3. The molecule has 0 saturated heterocycles. The van der Waals surface area contributed by atoms with Crippen molar-refractivity contribution in [3.63, 3.8) is 0 Å². The number of aromatic nitrogens is 1. The monoisotopic (exact) mass is 368 g/mol. The number of pyridine rings is 1. The van der Waals surface area contributed by atoms with Gasteiger partial charge in [-0.25, -0.2) is 4.98 Å². The number of benzene rings is 1. The molecule has 0 spiro atoms. The number of nitrogens with zero attached hydrogens (tertiary/aromatic N) is 1. The third kappa shape index (κ3) is 1.90. The van der Waals surface area contributed by atoms with E-state index in [0.717, 1.165) is 5.39 Å². The number of para-hydroxylation sites is 1. The van der Waals surface area contributed by atoms with Crippen LogP contribution in [0.2, 0.25) is 0 Å². The normalized spacial score (nSPS) is 9.54. The molecule has 3 nitrogen and oxygen atoms in total. The number of aromatic hydroxyl groups is 1. The van der Waals surface area contributed by atoms with Gasteiger partial charge in [-0.05, 0) is 18.2 Å². The smallest absolute Gasteiger partial charge is 0.141 e. The van der Waals surface area contributed by atoms with E-state index in [9.17, 15) is 5.11 Å². The summed E-state index contributed by atoms with van der Waals surface area (Å²) in [7, 11) is 0. The third-order valence-corrected chi connectivity index (χ3v) is 1.72. The standard InChI is InChI=1S/C9H8N2O.Pb/c10-8-5-4-6-2-1-3-7(12)9(6)11-8;/h1-5,12H,(H2,10,11);. The number of nitrogens with two attached hydrogens (primary N) is 1. The number of nitrogen functional groups attached to an aromatic ring is 1. The average molecular weight is 367 g/mol. The van der Waals surface area contributed by atoms with Crippen molar-refractivity contribution in [3.8, 4) is 5.75 Å². The van der Waals surface area contributed by atoms with Gasteiger partial charge in [0.1, 0.15) is 17.1 Å². The number of hydrogen-bond acceptors (Lipinski definition) is 3. The van der Waals surface area contributed by atoms with Crippen molar-refractivity contribution in [1.82, 2.24) is 4.98 Å². The van der Waals surface area contributed by atoms with Gasteiger partial charge in [0.2, 0.25) is 0 Å². The van der Waals surface area contributed by atoms with Crippen molar-refractivity contribution in [2.24, 2.45) is 0 Å². The average Bonchev–Trinajstić information content (AvgIpc) is 2.07. The van der Waals surface area contributed by atoms with Crippen LogP contribution in [-0.2, 0) is 0 Å². The minimum absolute atomic E-state index is 0. The number of phenolic OH excluding ortho intramolecular Hbond substituents is 1. The van der Waals surface area contributed by atoms with Crippen LogP contribution in [0.15, 0.2) is 30.3 Å². The molecule has 0 atom stereocenters. The van der Waals surface area contributed by atoms with E-state index < -0.39 is 0 Å². The van der Waals surface area contributed by atoms with E-state index >= 15 is 0 Å². The number of phenols is 1. The van der Waals surface area contributed by atoms with Crippen molar-refractivity contribution >= 4 is 44.0 Å². The molecule has 1 aromatic heterocycles. The van der Waals surface area contributed by atoms with Gasteiger partial charge in [-0.3, -0.25) is 0 Å². The molecule has 3 N–H and O–H groups in total. The first-order chi connectivity index (χ1) is 5.77. The van der Waals surface area contributed by atoms with Crippen LogP contribution in [-0.4, -0.2) is 37.4 Å². The number of rotatable bonds is 0. The number of fused-ring (bicyclic) bond motifs is 1. The van der Waals surface area contributed by atoms with Crippen LogP contribution in [0.5, 0.6) is 5.75 Å². The topological polar surface area (TPSA) is 59.1 Å². The predicted molar refractivity (Wildman–Crippen MR) is 53.6 cm³/mol. The second kappa shape index (κ2) is 3.91. The van der Waals surface area contributed by atoms with Gasteiger partial charge >= 0.3 is 0 Å². The molecule has 2 aromatic rings. The molecule has 0 aliphatic heterocycles. The van der Waals surface area contributed by atoms with Gasteiger partial charge in [-0.2, -0.15) is 0 Å². The molecule has 13 heavy (non-hydrogen) atoms. The largest absolute Gasteiger partial charge is 0.506 e. The van der Waals surface area contributed by atoms with Crippen LogP contribution >= 0.6 is 0 Å². The molecule has 0 amide bonds. The maximum atomic E-state index is 9.38. The maximum absolute atomic E-state index is 9.38. The minimum Gasteiger partial charge on any atom is -0.506 e. The first-order valence-corrected chi connectivity index (χ1v) is 3.61. The molecule has 1 aromatic carbocycles. The van der Waals surface area contributed by atoms with Gasteiger partial charge in [-0.15, -0.1) is 0 Å². The molecule has 64 valence electrons. The number of anilines is 1. The van der Waals surface area contributed by atoms with E-state index in [4.69, 9.17) is 5.73 Å². The maximum Gasteiger partial charge on any atom is 0.141 e. The fraction of sp³-hybridized carbons (Fsp3) is 0. The summed E-state index contributed by atoms with van der Waals surface area (Å²) in [6.07, 6.45) is 0. The zero-order valence-corrected chi connectivity index (χ0v) is 10.7. The van der Waals surface area contributed by atoms with Crippen molar-refractivity contribution in [1.29, 1.82) is 0 Å². The fourth-order valence-electron chi connectivity index (χ4n) is 1.15. The third-order valence-electron chi connectivity index (χ3n) is 1.72. The Bertz CT molecular complexity index is 431. The molecule has 0 aliphatic rings. The summed E-state index contributed by atoms with van der Waals surface area (Å²) in [6.45, 7) is 0. The summed E-state index contributed by atoms with van der Waals surface area (Å²) in [5.41, 5.74) is 6.02. The summed E-state index contributed by atoms with van der Waals surface area (Å²) >= 11 is 0. The molecule has 4 heteroatoms. The Kier molecular flexibility index (Phi) is 3.08. The van der Waals surface area contributed by atoms with Crippen molar-refractivity contribution in [3.05, 3.63) is 30.3 Å². The Labute approximate surface area is 95.7 Å². The predicted octanol–water partition coefficient (Wildman–Crippen LogP) is 1.14. The molecular weight excluding hydrogens is 359 g/mol. The van der Waals surface area contributed by atoms with Gasteiger partial charge in [0.25, 0.3) is 0 Å². The molecule has 4 radical (unpaired) electrons. The first kappa shape index (κ1) is 10.2. The second-order valence-electron chi connectivity index (χ2n) is 2.58. The van der Waals surface area contributed by atoms with E-state index in [1.165, 1.54) is 0 Å². The number of hydrogen-bond donors (Lipinski definition) is 2. The summed E-state index contributed by atoms with van der Waals surface area (Å²) in [5.74, 6) is 0.587. The Hall–Kier alpha value is -0.848. The molecule has 0 unspecified atom stereocenters. The minimum atomic E-state index is 0. The Morgan fingerprint density at radius 3 is 2.69 bits per heavy atom. The SMILES string of the molecule is Nc1ccc2cccc(O)c2n1.[Pb]. The van der Waals surface area contributed by atoms with Crippen molar-refractivity contribution < 1.29 is 5.11 Å². The van der Waals surface area contributed by atoms with E-state index in [2.05, 4.69) is 4.98 Å². The molecule has 1 heterocycles. The molecular formula is C9H8N2OPb. The van der Waals surface area contributed by atoms with Gasteiger partial charge in [-0.1, -0.05) is 12.1 Å². The molecule has 0 bridgehead atoms. The zero-order chi connectivity index (χ0) is 8.55. The van der Waals surface area contributed by atoms with Crippen LogP contribution in [0.1, 0.15) is 0 Å². The second-order valence-corrected chi connectivity index (χ2v) is 2.58. The van der Waals surface area contributed by atoms with E-state index in [1.54, 1.807) is 18.2 Å². The van der Waals surface area contributed by atoms with E-state index in [-0.39, 0.29) is 33.0 Å². The van der Waals surface area contributed by atoms with Gasteiger partial charge < -0.3 is 10.8 Å². The van der Waals surface area contributed by atoms with Crippen LogP contribution < -0.4 is 5.73 Å². The first-order valence-electron chi connectivity index (χ1n) is 3.61. The van der Waals surface area contributed by atoms with Crippen LogP contribution in [0, 0.1) is 0 Å². The van der Waals surface area contributed by atoms with Gasteiger partial charge in [0.15, 0.2) is 0 Å². The van der Waals surface area contributed by atoms with Gasteiger partial charge in [0.05, 0.1) is 0 Å². The summed E-state index contributed by atoms with van der Waals surface area (Å²) in [6, 6.07) is 8.78. The molecule has 0 saturated carbocycles. The van der Waals surface area contributed by atoms with Crippen LogP contribution in [0.4, 0.5) is 5.82 Å². The Morgan fingerprint density at radius 1 is 1.15 bits per heavy atom. The summed E-state index contributed by atoms with van der Waals surface area (Å²) < 4.78 is 0. The van der Waals surface area contributed by atoms with E-state index in [1.807, 2.05) is 12.1 Å². The quantitative estimate of drug-likeness (QED) is 0.687. The zero-order valence-electron chi connectivity index (χ0n) is 6.86. The molecule has 0 aliphatic carbocycles. The molecule has 0 fully saturated rings. The molecule has 2 rings (SSSR count). The fourth-order valence-corrected chi connectivity index (χ4v) is 1.15. The van der Waals surface area contributed by atoms with E-state index in [0.29, 0.717) is 11.3 Å².